The van der Waals surface area contributed by atoms with Gasteiger partial charge in [0, 0.05) is 11.8 Å². The molecule has 6 heteroatoms. The summed E-state index contributed by atoms with van der Waals surface area (Å²) >= 11 is 7.17. The molecule has 0 N–H and O–H groups in total. The molecule has 1 aromatic carbocycles. The molecular formula is C15H10ClFN2OS. The summed E-state index contributed by atoms with van der Waals surface area (Å²) in [6, 6.07) is 9.60. The third-order valence-electron chi connectivity index (χ3n) is 2.74. The average molecular weight is 321 g/mol. The van der Waals surface area contributed by atoms with E-state index in [0.29, 0.717) is 16.0 Å². The standard InChI is InChI=1S/C15H10ClFN2OS/c1-9-15(21-13-7-4-11(16)8-18-13)20-14(19-9)10-2-5-12(17)6-3-10/h2-8H,1H3. The highest BCUT2D eigenvalue weighted by atomic mass is 35.5. The van der Waals surface area contributed by atoms with Gasteiger partial charge in [-0.05, 0) is 55.1 Å². The Labute approximate surface area is 130 Å². The first-order chi connectivity index (χ1) is 10.1. The zero-order valence-corrected chi connectivity index (χ0v) is 12.6. The summed E-state index contributed by atoms with van der Waals surface area (Å²) < 4.78 is 18.7. The summed E-state index contributed by atoms with van der Waals surface area (Å²) in [5, 5.41) is 2.01. The molecule has 3 aromatic rings. The number of halogens is 2. The van der Waals surface area contributed by atoms with Crippen molar-refractivity contribution in [2.24, 2.45) is 0 Å². The normalized spacial score (nSPS) is 10.8. The highest BCUT2D eigenvalue weighted by Gasteiger charge is 2.13. The molecule has 106 valence electrons. The Hall–Kier alpha value is -1.85. The van der Waals surface area contributed by atoms with Crippen LogP contribution in [-0.4, -0.2) is 9.97 Å². The molecule has 0 fully saturated rings. The zero-order chi connectivity index (χ0) is 14.8. The van der Waals surface area contributed by atoms with Gasteiger partial charge in [-0.3, -0.25) is 0 Å². The molecule has 0 bridgehead atoms. The fourth-order valence-corrected chi connectivity index (χ4v) is 2.57. The Morgan fingerprint density at radius 1 is 1.14 bits per heavy atom. The largest absolute Gasteiger partial charge is 0.429 e. The third kappa shape index (κ3) is 3.25. The number of benzene rings is 1. The van der Waals surface area contributed by atoms with Gasteiger partial charge in [0.25, 0.3) is 0 Å². The van der Waals surface area contributed by atoms with Crippen LogP contribution in [0.4, 0.5) is 4.39 Å². The first-order valence-corrected chi connectivity index (χ1v) is 7.34. The van der Waals surface area contributed by atoms with Crippen molar-refractivity contribution in [3.63, 3.8) is 0 Å². The van der Waals surface area contributed by atoms with Crippen molar-refractivity contribution < 1.29 is 8.81 Å². The predicted octanol–water partition coefficient (Wildman–Crippen LogP) is 4.99. The number of aryl methyl sites for hydroxylation is 1. The maximum atomic E-state index is 12.9. The molecule has 3 rings (SSSR count). The van der Waals surface area contributed by atoms with Crippen LogP contribution >= 0.6 is 23.4 Å². The summed E-state index contributed by atoms with van der Waals surface area (Å²) in [7, 11) is 0. The molecule has 0 saturated carbocycles. The fraction of sp³-hybridized carbons (Fsp3) is 0.0667. The van der Waals surface area contributed by atoms with E-state index in [4.69, 9.17) is 16.0 Å². The van der Waals surface area contributed by atoms with Gasteiger partial charge < -0.3 is 4.42 Å². The molecule has 0 saturated heterocycles. The molecule has 0 aliphatic heterocycles. The van der Waals surface area contributed by atoms with E-state index in [-0.39, 0.29) is 5.82 Å². The van der Waals surface area contributed by atoms with Crippen molar-refractivity contribution in [3.8, 4) is 11.5 Å². The van der Waals surface area contributed by atoms with Crippen LogP contribution < -0.4 is 0 Å². The molecule has 0 atom stereocenters. The summed E-state index contributed by atoms with van der Waals surface area (Å²) in [5.41, 5.74) is 1.49. The highest BCUT2D eigenvalue weighted by molar-refractivity contribution is 7.99. The zero-order valence-electron chi connectivity index (χ0n) is 11.0. The number of aromatic nitrogens is 2. The van der Waals surface area contributed by atoms with Crippen LogP contribution in [-0.2, 0) is 0 Å². The van der Waals surface area contributed by atoms with Crippen molar-refractivity contribution in [2.75, 3.05) is 0 Å². The lowest BCUT2D eigenvalue weighted by Gasteiger charge is -1.98. The van der Waals surface area contributed by atoms with Crippen molar-refractivity contribution in [1.29, 1.82) is 0 Å². The van der Waals surface area contributed by atoms with Crippen molar-refractivity contribution in [2.45, 2.75) is 17.0 Å². The molecule has 0 spiro atoms. The second-order valence-corrected chi connectivity index (χ2v) is 5.75. The van der Waals surface area contributed by atoms with Gasteiger partial charge in [0.05, 0.1) is 10.7 Å². The van der Waals surface area contributed by atoms with Gasteiger partial charge in [-0.15, -0.1) is 0 Å². The van der Waals surface area contributed by atoms with Crippen LogP contribution in [0.5, 0.6) is 0 Å². The van der Waals surface area contributed by atoms with E-state index >= 15 is 0 Å². The minimum Gasteiger partial charge on any atom is -0.429 e. The van der Waals surface area contributed by atoms with Crippen molar-refractivity contribution in [1.82, 2.24) is 9.97 Å². The first kappa shape index (κ1) is 14.1. The van der Waals surface area contributed by atoms with Gasteiger partial charge in [0.2, 0.25) is 5.89 Å². The fourth-order valence-electron chi connectivity index (χ4n) is 1.71. The first-order valence-electron chi connectivity index (χ1n) is 6.14. The van der Waals surface area contributed by atoms with Gasteiger partial charge in [0.1, 0.15) is 10.8 Å². The Morgan fingerprint density at radius 2 is 1.90 bits per heavy atom. The monoisotopic (exact) mass is 320 g/mol. The van der Waals surface area contributed by atoms with Gasteiger partial charge in [-0.25, -0.2) is 14.4 Å². The van der Waals surface area contributed by atoms with Gasteiger partial charge >= 0.3 is 0 Å². The molecular weight excluding hydrogens is 311 g/mol. The molecule has 0 aliphatic rings. The van der Waals surface area contributed by atoms with Crippen LogP contribution in [0.25, 0.3) is 11.5 Å². The molecule has 0 radical (unpaired) electrons. The minimum atomic E-state index is -0.290. The molecule has 3 nitrogen and oxygen atoms in total. The van der Waals surface area contributed by atoms with E-state index in [9.17, 15) is 4.39 Å². The van der Waals surface area contributed by atoms with E-state index < -0.39 is 0 Å². The minimum absolute atomic E-state index is 0.290. The van der Waals surface area contributed by atoms with E-state index in [2.05, 4.69) is 9.97 Å². The third-order valence-corrected chi connectivity index (χ3v) is 3.98. The maximum Gasteiger partial charge on any atom is 0.227 e. The topological polar surface area (TPSA) is 38.9 Å². The Bertz CT molecular complexity index is 756. The predicted molar refractivity (Wildman–Crippen MR) is 80.0 cm³/mol. The van der Waals surface area contributed by atoms with E-state index in [0.717, 1.165) is 16.3 Å². The SMILES string of the molecule is Cc1nc(-c2ccc(F)cc2)oc1Sc1ccc(Cl)cn1. The number of rotatable bonds is 3. The lowest BCUT2D eigenvalue weighted by atomic mass is 10.2. The quantitative estimate of drug-likeness (QED) is 0.681. The van der Waals surface area contributed by atoms with Crippen molar-refractivity contribution in [3.05, 3.63) is 59.1 Å². The van der Waals surface area contributed by atoms with Crippen LogP contribution in [0.3, 0.4) is 0 Å². The molecule has 0 unspecified atom stereocenters. The second kappa shape index (κ2) is 5.87. The average Bonchev–Trinajstić information content (AvgIpc) is 2.83. The maximum absolute atomic E-state index is 12.9. The molecule has 21 heavy (non-hydrogen) atoms. The van der Waals surface area contributed by atoms with Crippen LogP contribution in [0.2, 0.25) is 5.02 Å². The van der Waals surface area contributed by atoms with Crippen molar-refractivity contribution >= 4 is 23.4 Å². The summed E-state index contributed by atoms with van der Waals surface area (Å²) in [6.45, 7) is 1.86. The lowest BCUT2D eigenvalue weighted by Crippen LogP contribution is -1.79. The van der Waals surface area contributed by atoms with E-state index in [1.165, 1.54) is 23.9 Å². The Balaban J connectivity index is 1.87. The smallest absolute Gasteiger partial charge is 0.227 e. The number of nitrogens with zero attached hydrogens (tertiary/aromatic N) is 2. The van der Waals surface area contributed by atoms with Gasteiger partial charge in [-0.1, -0.05) is 11.6 Å². The number of hydrogen-bond donors (Lipinski definition) is 0. The van der Waals surface area contributed by atoms with E-state index in [1.807, 2.05) is 13.0 Å². The summed E-state index contributed by atoms with van der Waals surface area (Å²) in [6.07, 6.45) is 1.58. The Morgan fingerprint density at radius 3 is 2.57 bits per heavy atom. The molecule has 0 aliphatic carbocycles. The van der Waals surface area contributed by atoms with Crippen LogP contribution in [0.1, 0.15) is 5.69 Å². The van der Waals surface area contributed by atoms with Crippen LogP contribution in [0.15, 0.2) is 57.1 Å². The lowest BCUT2D eigenvalue weighted by molar-refractivity contribution is 0.481. The number of pyridine rings is 1. The Kier molecular flexibility index (Phi) is 3.94. The molecule has 0 amide bonds. The summed E-state index contributed by atoms with van der Waals surface area (Å²) in [5.74, 6) is 0.172. The van der Waals surface area contributed by atoms with Gasteiger partial charge in [0.15, 0.2) is 5.09 Å². The second-order valence-electron chi connectivity index (χ2n) is 4.32. The number of oxazole rings is 1. The number of hydrogen-bond acceptors (Lipinski definition) is 4. The van der Waals surface area contributed by atoms with Gasteiger partial charge in [-0.2, -0.15) is 0 Å². The summed E-state index contributed by atoms with van der Waals surface area (Å²) in [4.78, 5) is 8.56. The highest BCUT2D eigenvalue weighted by Crippen LogP contribution is 2.33. The molecule has 2 heterocycles. The van der Waals surface area contributed by atoms with Crippen LogP contribution in [0, 0.1) is 12.7 Å². The van der Waals surface area contributed by atoms with E-state index in [1.54, 1.807) is 24.4 Å². The molecule has 2 aromatic heterocycles.